The number of nitrogens with zero attached hydrogens (tertiary/aromatic N) is 4. The molecule has 1 aliphatic rings. The predicted octanol–water partition coefficient (Wildman–Crippen LogP) is 6.04. The summed E-state index contributed by atoms with van der Waals surface area (Å²) in [6.07, 6.45) is 3.34. The fourth-order valence-electron chi connectivity index (χ4n) is 4.73. The van der Waals surface area contributed by atoms with Gasteiger partial charge in [-0.05, 0) is 61.4 Å². The highest BCUT2D eigenvalue weighted by Gasteiger charge is 2.39. The van der Waals surface area contributed by atoms with Crippen molar-refractivity contribution in [3.8, 4) is 28.8 Å². The first-order chi connectivity index (χ1) is 19.3. The van der Waals surface area contributed by atoms with E-state index >= 15 is 0 Å². The molecule has 0 bridgehead atoms. The van der Waals surface area contributed by atoms with Gasteiger partial charge in [0, 0.05) is 22.9 Å². The Labute approximate surface area is 231 Å². The molecule has 1 unspecified atom stereocenters. The molecule has 0 aliphatic carbocycles. The molecule has 0 radical (unpaired) electrons. The van der Waals surface area contributed by atoms with Gasteiger partial charge in [0.05, 0.1) is 18.8 Å². The average Bonchev–Trinajstić information content (AvgIpc) is 3.40. The van der Waals surface area contributed by atoms with Gasteiger partial charge in [-0.15, -0.1) is 0 Å². The molecule has 40 heavy (non-hydrogen) atoms. The number of aromatic nitrogens is 2. The summed E-state index contributed by atoms with van der Waals surface area (Å²) in [6.45, 7) is 3.33. The molecule has 1 aliphatic heterocycles. The second-order valence-electron chi connectivity index (χ2n) is 9.30. The van der Waals surface area contributed by atoms with Crippen LogP contribution in [0.15, 0.2) is 102 Å². The zero-order chi connectivity index (χ0) is 28.4. The summed E-state index contributed by atoms with van der Waals surface area (Å²) in [5.41, 5.74) is 3.25. The summed E-state index contributed by atoms with van der Waals surface area (Å²) in [5, 5.41) is 14.6. The van der Waals surface area contributed by atoms with Crippen molar-refractivity contribution in [3.05, 3.63) is 119 Å². The number of imide groups is 1. The van der Waals surface area contributed by atoms with Gasteiger partial charge >= 0.3 is 0 Å². The Kier molecular flexibility index (Phi) is 7.13. The highest BCUT2D eigenvalue weighted by molar-refractivity contribution is 6.20. The fourth-order valence-corrected chi connectivity index (χ4v) is 4.73. The normalized spacial score (nSPS) is 15.4. The molecule has 0 fully saturated rings. The van der Waals surface area contributed by atoms with Crippen LogP contribution in [0.5, 0.6) is 5.75 Å². The fraction of sp³-hybridized carbons (Fsp3) is 0.125. The molecule has 2 amide bonds. The molecule has 4 aromatic rings. The Morgan fingerprint density at radius 3 is 2.30 bits per heavy atom. The van der Waals surface area contributed by atoms with Gasteiger partial charge in [-0.3, -0.25) is 14.5 Å². The first kappa shape index (κ1) is 26.3. The molecule has 0 saturated carbocycles. The molecule has 0 N–H and O–H groups in total. The number of carbonyl (C=O) groups is 2. The molecule has 7 nitrogen and oxygen atoms in total. The van der Waals surface area contributed by atoms with Crippen LogP contribution in [0.4, 0.5) is 4.39 Å². The first-order valence-corrected chi connectivity index (χ1v) is 12.6. The number of hydrogen-bond donors (Lipinski definition) is 0. The molecule has 0 saturated heterocycles. The number of carbonyl (C=O) groups excluding carboxylic acids is 2. The lowest BCUT2D eigenvalue weighted by Gasteiger charge is -2.32. The van der Waals surface area contributed by atoms with E-state index in [1.165, 1.54) is 19.2 Å². The van der Waals surface area contributed by atoms with Gasteiger partial charge in [-0.25, -0.2) is 9.07 Å². The Morgan fingerprint density at radius 2 is 1.68 bits per heavy atom. The average molecular weight is 533 g/mol. The second kappa shape index (κ2) is 10.8. The summed E-state index contributed by atoms with van der Waals surface area (Å²) in [7, 11) is 1.39. The Morgan fingerprint density at radius 1 is 1.00 bits per heavy atom. The second-order valence-corrected chi connectivity index (χ2v) is 9.30. The van der Waals surface area contributed by atoms with Crippen LogP contribution in [0.1, 0.15) is 31.0 Å². The molecule has 8 heteroatoms. The van der Waals surface area contributed by atoms with Crippen molar-refractivity contribution in [1.29, 1.82) is 5.26 Å². The van der Waals surface area contributed by atoms with E-state index in [4.69, 9.17) is 9.84 Å². The van der Waals surface area contributed by atoms with E-state index in [-0.39, 0.29) is 22.5 Å². The van der Waals surface area contributed by atoms with E-state index in [2.05, 4.69) is 0 Å². The highest BCUT2D eigenvalue weighted by atomic mass is 19.1. The largest absolute Gasteiger partial charge is 0.494 e. The maximum absolute atomic E-state index is 14.7. The number of rotatable bonds is 6. The van der Waals surface area contributed by atoms with Gasteiger partial charge in [-0.1, -0.05) is 48.5 Å². The Hall–Kier alpha value is -5.29. The highest BCUT2D eigenvalue weighted by Crippen LogP contribution is 2.35. The molecule has 1 aromatic heterocycles. The van der Waals surface area contributed by atoms with E-state index in [1.54, 1.807) is 36.9 Å². The molecule has 0 spiro atoms. The van der Waals surface area contributed by atoms with Crippen LogP contribution < -0.4 is 4.74 Å². The lowest BCUT2D eigenvalue weighted by atomic mass is 9.91. The third-order valence-electron chi connectivity index (χ3n) is 6.93. The number of benzene rings is 3. The van der Waals surface area contributed by atoms with E-state index < -0.39 is 23.7 Å². The van der Waals surface area contributed by atoms with Gasteiger partial charge in [-0.2, -0.15) is 10.4 Å². The lowest BCUT2D eigenvalue weighted by Crippen LogP contribution is -2.44. The SMILES string of the molecule is COc1ccc(-c2nn(-c3ccccc3)cc2/C=C2/C(=O)N(C(C)c3ccccc3)C(=O)C(C#N)=C2C)cc1F. The standard InChI is InChI=1S/C32H25FN4O3/c1-20-26(31(38)37(32(39)27(20)18-34)21(2)22-10-6-4-7-11-22)16-24-19-36(25-12-8-5-9-13-25)35-30(24)23-14-15-29(40-3)28(33)17-23/h4-17,19,21H,1-3H3/b26-16+. The van der Waals surface area contributed by atoms with Crippen LogP contribution in [0.2, 0.25) is 0 Å². The van der Waals surface area contributed by atoms with Gasteiger partial charge in [0.25, 0.3) is 11.8 Å². The zero-order valence-electron chi connectivity index (χ0n) is 22.1. The summed E-state index contributed by atoms with van der Waals surface area (Å²) >= 11 is 0. The molecule has 5 rings (SSSR count). The van der Waals surface area contributed by atoms with E-state index in [0.29, 0.717) is 16.8 Å². The molecular weight excluding hydrogens is 507 g/mol. The van der Waals surface area contributed by atoms with Crippen molar-refractivity contribution in [2.75, 3.05) is 7.11 Å². The van der Waals surface area contributed by atoms with Crippen molar-refractivity contribution in [2.45, 2.75) is 19.9 Å². The number of hydrogen-bond acceptors (Lipinski definition) is 5. The molecular formula is C32H25FN4O3. The van der Waals surface area contributed by atoms with Crippen molar-refractivity contribution in [3.63, 3.8) is 0 Å². The number of amides is 2. The number of halogens is 1. The van der Waals surface area contributed by atoms with Crippen LogP contribution >= 0.6 is 0 Å². The molecule has 198 valence electrons. The minimum Gasteiger partial charge on any atom is -0.494 e. The maximum Gasteiger partial charge on any atom is 0.272 e. The third kappa shape index (κ3) is 4.69. The summed E-state index contributed by atoms with van der Waals surface area (Å²) in [4.78, 5) is 28.3. The van der Waals surface area contributed by atoms with Crippen molar-refractivity contribution in [1.82, 2.24) is 14.7 Å². The van der Waals surface area contributed by atoms with Crippen molar-refractivity contribution >= 4 is 17.9 Å². The van der Waals surface area contributed by atoms with Gasteiger partial charge < -0.3 is 4.74 Å². The Bertz CT molecular complexity index is 1720. The quantitative estimate of drug-likeness (QED) is 0.223. The topological polar surface area (TPSA) is 88.2 Å². The number of nitriles is 1. The summed E-state index contributed by atoms with van der Waals surface area (Å²) in [5.74, 6) is -1.64. The molecule has 3 aromatic carbocycles. The summed E-state index contributed by atoms with van der Waals surface area (Å²) < 4.78 is 21.4. The predicted molar refractivity (Wildman–Crippen MR) is 149 cm³/mol. The number of ether oxygens (including phenoxy) is 1. The van der Waals surface area contributed by atoms with Crippen molar-refractivity contribution < 1.29 is 18.7 Å². The van der Waals surface area contributed by atoms with Crippen LogP contribution in [-0.4, -0.2) is 33.6 Å². The van der Waals surface area contributed by atoms with Crippen LogP contribution in [0, 0.1) is 17.1 Å². The maximum atomic E-state index is 14.7. The van der Waals surface area contributed by atoms with Crippen LogP contribution in [-0.2, 0) is 9.59 Å². The molecule has 1 atom stereocenters. The van der Waals surface area contributed by atoms with E-state index in [9.17, 15) is 19.2 Å². The lowest BCUT2D eigenvalue weighted by molar-refractivity contribution is -0.143. The van der Waals surface area contributed by atoms with Gasteiger partial charge in [0.1, 0.15) is 17.3 Å². The Balaban J connectivity index is 1.69. The van der Waals surface area contributed by atoms with E-state index in [0.717, 1.165) is 16.2 Å². The molecule has 2 heterocycles. The smallest absolute Gasteiger partial charge is 0.272 e. The first-order valence-electron chi connectivity index (χ1n) is 12.6. The zero-order valence-corrected chi connectivity index (χ0v) is 22.1. The van der Waals surface area contributed by atoms with Crippen molar-refractivity contribution in [2.24, 2.45) is 0 Å². The third-order valence-corrected chi connectivity index (χ3v) is 6.93. The minimum atomic E-state index is -0.643. The number of para-hydroxylation sites is 1. The summed E-state index contributed by atoms with van der Waals surface area (Å²) in [6, 6.07) is 24.4. The monoisotopic (exact) mass is 532 g/mol. The number of methoxy groups -OCH3 is 1. The van der Waals surface area contributed by atoms with Gasteiger partial charge in [0.2, 0.25) is 0 Å². The van der Waals surface area contributed by atoms with E-state index in [1.807, 2.05) is 66.7 Å². The minimum absolute atomic E-state index is 0.0927. The van der Waals surface area contributed by atoms with Crippen LogP contribution in [0.3, 0.4) is 0 Å². The van der Waals surface area contributed by atoms with Crippen LogP contribution in [0.25, 0.3) is 23.0 Å². The van der Waals surface area contributed by atoms with Gasteiger partial charge in [0.15, 0.2) is 11.6 Å².